The molecule has 2 aromatic carbocycles. The van der Waals surface area contributed by atoms with Gasteiger partial charge in [-0.05, 0) is 52.4 Å². The monoisotopic (exact) mass is 501 g/mol. The van der Waals surface area contributed by atoms with Gasteiger partial charge in [-0.1, -0.05) is 42.5 Å². The molecule has 0 radical (unpaired) electrons. The first-order valence-electron chi connectivity index (χ1n) is 9.92. The second-order valence-electron chi connectivity index (χ2n) is 7.41. The first-order valence-corrected chi connectivity index (χ1v) is 11.0. The van der Waals surface area contributed by atoms with E-state index in [1.54, 1.807) is 0 Å². The van der Waals surface area contributed by atoms with Crippen LogP contribution in [0.5, 0.6) is 0 Å². The molecule has 0 aliphatic carbocycles. The molecule has 2 amide bonds. The minimum atomic E-state index is -0.330. The van der Waals surface area contributed by atoms with Gasteiger partial charge in [-0.25, -0.2) is 4.90 Å². The number of benzene rings is 2. The van der Waals surface area contributed by atoms with Crippen LogP contribution in [-0.4, -0.2) is 60.4 Å². The van der Waals surface area contributed by atoms with Crippen molar-refractivity contribution >= 4 is 46.2 Å². The van der Waals surface area contributed by atoms with E-state index >= 15 is 0 Å². The Labute approximate surface area is 185 Å². The van der Waals surface area contributed by atoms with E-state index in [1.807, 2.05) is 42.5 Å². The third-order valence-electron chi connectivity index (χ3n) is 5.53. The predicted molar refractivity (Wildman–Crippen MR) is 124 cm³/mol. The zero-order chi connectivity index (χ0) is 20.2. The van der Waals surface area contributed by atoms with Gasteiger partial charge in [0.2, 0.25) is 5.91 Å². The zero-order valence-corrected chi connectivity index (χ0v) is 18.4. The number of hydrogen-bond donors (Lipinski definition) is 0. The molecule has 4 rings (SSSR count). The molecule has 0 saturated carbocycles. The minimum Gasteiger partial charge on any atom is -0.297 e. The number of piperazine rings is 1. The molecule has 0 aromatic heterocycles. The Morgan fingerprint density at radius 3 is 2.31 bits per heavy atom. The van der Waals surface area contributed by atoms with Crippen LogP contribution in [0.1, 0.15) is 12.0 Å². The van der Waals surface area contributed by atoms with Crippen LogP contribution in [0, 0.1) is 3.57 Å². The highest BCUT2D eigenvalue weighted by atomic mass is 127. The van der Waals surface area contributed by atoms with Gasteiger partial charge in [0.1, 0.15) is 0 Å². The normalized spacial score (nSPS) is 21.4. The number of halogens is 1. The fraction of sp³-hybridized carbons (Fsp3) is 0.304. The smallest absolute Gasteiger partial charge is 0.251 e. The van der Waals surface area contributed by atoms with Crippen molar-refractivity contribution in [2.75, 3.05) is 37.6 Å². The van der Waals surface area contributed by atoms with Gasteiger partial charge in [-0.2, -0.15) is 0 Å². The van der Waals surface area contributed by atoms with Crippen molar-refractivity contribution in [3.8, 4) is 0 Å². The number of carbonyl (C=O) groups is 2. The molecule has 2 aliphatic heterocycles. The first-order chi connectivity index (χ1) is 14.1. The summed E-state index contributed by atoms with van der Waals surface area (Å²) >= 11 is 2.22. The third-order valence-corrected chi connectivity index (χ3v) is 6.25. The molecular formula is C23H24IN3O2. The van der Waals surface area contributed by atoms with Crippen LogP contribution >= 0.6 is 22.6 Å². The van der Waals surface area contributed by atoms with Gasteiger partial charge in [0.15, 0.2) is 0 Å². The number of amides is 2. The Kier molecular flexibility index (Phi) is 6.42. The maximum absolute atomic E-state index is 12.9. The van der Waals surface area contributed by atoms with Crippen molar-refractivity contribution < 1.29 is 9.59 Å². The Morgan fingerprint density at radius 1 is 0.931 bits per heavy atom. The highest BCUT2D eigenvalue weighted by Crippen LogP contribution is 2.26. The highest BCUT2D eigenvalue weighted by molar-refractivity contribution is 14.1. The van der Waals surface area contributed by atoms with Gasteiger partial charge >= 0.3 is 0 Å². The summed E-state index contributed by atoms with van der Waals surface area (Å²) in [5, 5.41) is 0. The molecule has 1 atom stereocenters. The Balaban J connectivity index is 1.31. The largest absolute Gasteiger partial charge is 0.297 e. The average Bonchev–Trinajstić information content (AvgIpc) is 3.04. The van der Waals surface area contributed by atoms with E-state index < -0.39 is 0 Å². The predicted octanol–water partition coefficient (Wildman–Crippen LogP) is 3.25. The van der Waals surface area contributed by atoms with Gasteiger partial charge in [0, 0.05) is 36.3 Å². The lowest BCUT2D eigenvalue weighted by molar-refractivity contribution is -0.123. The third kappa shape index (κ3) is 4.76. The van der Waals surface area contributed by atoms with E-state index in [2.05, 4.69) is 56.7 Å². The molecule has 0 bridgehead atoms. The van der Waals surface area contributed by atoms with Crippen molar-refractivity contribution in [1.29, 1.82) is 0 Å². The Bertz CT molecular complexity index is 890. The van der Waals surface area contributed by atoms with Crippen molar-refractivity contribution in [3.63, 3.8) is 0 Å². The van der Waals surface area contributed by atoms with E-state index in [0.29, 0.717) is 5.69 Å². The van der Waals surface area contributed by atoms with Crippen molar-refractivity contribution in [3.05, 3.63) is 69.8 Å². The van der Waals surface area contributed by atoms with E-state index in [0.717, 1.165) is 36.3 Å². The molecule has 2 fully saturated rings. The number of carbonyl (C=O) groups excluding carboxylic acids is 2. The summed E-state index contributed by atoms with van der Waals surface area (Å²) in [6, 6.07) is 17.5. The van der Waals surface area contributed by atoms with Crippen molar-refractivity contribution in [2.24, 2.45) is 0 Å². The van der Waals surface area contributed by atoms with Crippen LogP contribution in [0.4, 0.5) is 5.69 Å². The quantitative estimate of drug-likeness (QED) is 0.466. The van der Waals surface area contributed by atoms with Gasteiger partial charge in [0.25, 0.3) is 5.91 Å². The Morgan fingerprint density at radius 2 is 1.62 bits per heavy atom. The number of imide groups is 1. The SMILES string of the molecule is O=C1CC(N2CCN(C/C=C\c3ccccc3)CC2)C(=O)N1c1ccc(I)cc1. The summed E-state index contributed by atoms with van der Waals surface area (Å²) in [6.07, 6.45) is 4.61. The number of rotatable bonds is 5. The zero-order valence-electron chi connectivity index (χ0n) is 16.2. The molecule has 2 saturated heterocycles. The summed E-state index contributed by atoms with van der Waals surface area (Å²) in [7, 11) is 0. The highest BCUT2D eigenvalue weighted by Gasteiger charge is 2.43. The van der Waals surface area contributed by atoms with Crippen LogP contribution in [0.15, 0.2) is 60.7 Å². The second-order valence-corrected chi connectivity index (χ2v) is 8.66. The van der Waals surface area contributed by atoms with E-state index in [-0.39, 0.29) is 24.3 Å². The number of anilines is 1. The molecule has 6 heteroatoms. The maximum atomic E-state index is 12.9. The lowest BCUT2D eigenvalue weighted by Crippen LogP contribution is -2.52. The molecule has 2 aromatic rings. The summed E-state index contributed by atoms with van der Waals surface area (Å²) in [5.74, 6) is -0.192. The van der Waals surface area contributed by atoms with Crippen LogP contribution < -0.4 is 4.90 Å². The average molecular weight is 501 g/mol. The molecule has 150 valence electrons. The fourth-order valence-corrected chi connectivity index (χ4v) is 4.28. The van der Waals surface area contributed by atoms with Gasteiger partial charge in [-0.15, -0.1) is 0 Å². The summed E-state index contributed by atoms with van der Waals surface area (Å²) in [6.45, 7) is 4.32. The van der Waals surface area contributed by atoms with Gasteiger partial charge < -0.3 is 0 Å². The van der Waals surface area contributed by atoms with Crippen LogP contribution in [0.3, 0.4) is 0 Å². The van der Waals surface area contributed by atoms with Crippen LogP contribution in [0.2, 0.25) is 0 Å². The lowest BCUT2D eigenvalue weighted by atomic mass is 10.1. The van der Waals surface area contributed by atoms with E-state index in [9.17, 15) is 9.59 Å². The van der Waals surface area contributed by atoms with E-state index in [4.69, 9.17) is 0 Å². The molecule has 5 nitrogen and oxygen atoms in total. The molecule has 2 heterocycles. The van der Waals surface area contributed by atoms with Crippen molar-refractivity contribution in [1.82, 2.24) is 9.80 Å². The van der Waals surface area contributed by atoms with Gasteiger partial charge in [0.05, 0.1) is 18.2 Å². The maximum Gasteiger partial charge on any atom is 0.251 e. The molecule has 2 aliphatic rings. The lowest BCUT2D eigenvalue weighted by Gasteiger charge is -2.36. The molecule has 0 N–H and O–H groups in total. The van der Waals surface area contributed by atoms with Crippen molar-refractivity contribution in [2.45, 2.75) is 12.5 Å². The second kappa shape index (κ2) is 9.19. The summed E-state index contributed by atoms with van der Waals surface area (Å²) < 4.78 is 1.08. The topological polar surface area (TPSA) is 43.9 Å². The minimum absolute atomic E-state index is 0.0892. The Hall–Kier alpha value is -2.03. The number of hydrogen-bond acceptors (Lipinski definition) is 4. The van der Waals surface area contributed by atoms with E-state index in [1.165, 1.54) is 10.5 Å². The standard InChI is InChI=1S/C23H24IN3O2/c24-19-8-10-20(11-9-19)27-22(28)17-21(23(27)29)26-15-13-25(14-16-26)12-4-7-18-5-2-1-3-6-18/h1-11,21H,12-17H2/b7-4-. The summed E-state index contributed by atoms with van der Waals surface area (Å²) in [5.41, 5.74) is 1.88. The fourth-order valence-electron chi connectivity index (χ4n) is 3.92. The van der Waals surface area contributed by atoms with Gasteiger partial charge in [-0.3, -0.25) is 19.4 Å². The first kappa shape index (κ1) is 20.3. The molecule has 29 heavy (non-hydrogen) atoms. The summed E-state index contributed by atoms with van der Waals surface area (Å²) in [4.78, 5) is 31.4. The van der Waals surface area contributed by atoms with Crippen LogP contribution in [0.25, 0.3) is 6.08 Å². The molecular weight excluding hydrogens is 477 g/mol. The van der Waals surface area contributed by atoms with Crippen LogP contribution in [-0.2, 0) is 9.59 Å². The molecule has 1 unspecified atom stereocenters. The number of nitrogens with zero attached hydrogens (tertiary/aromatic N) is 3. The molecule has 0 spiro atoms.